The Morgan fingerprint density at radius 2 is 2.00 bits per heavy atom. The summed E-state index contributed by atoms with van der Waals surface area (Å²) >= 11 is 0. The van der Waals surface area contributed by atoms with Crippen LogP contribution in [0.2, 0.25) is 0 Å². The van der Waals surface area contributed by atoms with Crippen LogP contribution in [-0.2, 0) is 4.74 Å². The third-order valence-corrected chi connectivity index (χ3v) is 5.48. The Morgan fingerprint density at radius 1 is 1.23 bits per heavy atom. The van der Waals surface area contributed by atoms with Gasteiger partial charge in [-0.15, -0.1) is 0 Å². The van der Waals surface area contributed by atoms with Crippen LogP contribution in [0.15, 0.2) is 18.3 Å². The van der Waals surface area contributed by atoms with Crippen LogP contribution in [0.1, 0.15) is 31.5 Å². The predicted molar refractivity (Wildman–Crippen MR) is 101 cm³/mol. The van der Waals surface area contributed by atoms with Crippen LogP contribution >= 0.6 is 0 Å². The molecule has 0 spiro atoms. The van der Waals surface area contributed by atoms with Gasteiger partial charge in [0, 0.05) is 24.4 Å². The topological polar surface area (TPSA) is 86.4 Å². The lowest BCUT2D eigenvalue weighted by Gasteiger charge is -2.45. The van der Waals surface area contributed by atoms with Crippen LogP contribution in [0.5, 0.6) is 5.75 Å². The summed E-state index contributed by atoms with van der Waals surface area (Å²) in [6.07, 6.45) is -1.61. The highest BCUT2D eigenvalue weighted by Crippen LogP contribution is 2.37. The summed E-state index contributed by atoms with van der Waals surface area (Å²) in [6, 6.07) is 2.69. The first-order chi connectivity index (χ1) is 14.6. The maximum atomic E-state index is 13.4. The Balaban J connectivity index is 1.78. The minimum Gasteiger partial charge on any atom is -0.431 e. The minimum absolute atomic E-state index is 0.0101. The fourth-order valence-electron chi connectivity index (χ4n) is 3.70. The first-order valence-corrected chi connectivity index (χ1v) is 9.66. The second kappa shape index (κ2) is 8.06. The molecule has 7 nitrogen and oxygen atoms in total. The molecular formula is C19H20F5N5O2. The van der Waals surface area contributed by atoms with Crippen molar-refractivity contribution >= 4 is 11.6 Å². The van der Waals surface area contributed by atoms with Crippen molar-refractivity contribution in [3.63, 3.8) is 0 Å². The van der Waals surface area contributed by atoms with Crippen LogP contribution in [0.25, 0.3) is 11.3 Å². The molecule has 2 N–H and O–H groups in total. The van der Waals surface area contributed by atoms with Gasteiger partial charge in [0.15, 0.2) is 11.6 Å². The smallest absolute Gasteiger partial charge is 0.398 e. The third kappa shape index (κ3) is 4.48. The number of nitrogen functional groups attached to an aromatic ring is 1. The molecule has 3 fully saturated rings. The van der Waals surface area contributed by atoms with E-state index in [1.54, 1.807) is 0 Å². The monoisotopic (exact) mass is 445 g/mol. The van der Waals surface area contributed by atoms with E-state index in [0.717, 1.165) is 19.8 Å². The maximum Gasteiger partial charge on any atom is 0.398 e. The van der Waals surface area contributed by atoms with Gasteiger partial charge in [-0.25, -0.2) is 15.0 Å². The van der Waals surface area contributed by atoms with E-state index < -0.39 is 24.5 Å². The summed E-state index contributed by atoms with van der Waals surface area (Å²) in [7, 11) is 0. The highest BCUT2D eigenvalue weighted by Gasteiger charge is 2.41. The Labute approximate surface area is 174 Å². The SMILES string of the molecule is CC(c1nc(-c2cnc(N)c(OC(F)F)c2)cc(N2C[C@@H]3CC[C@H]2CO3)n1)C(F)(F)F. The molecule has 2 aromatic rings. The number of halogens is 5. The number of pyridine rings is 1. The van der Waals surface area contributed by atoms with Gasteiger partial charge >= 0.3 is 12.8 Å². The fraction of sp³-hybridized carbons (Fsp3) is 0.526. The number of aromatic nitrogens is 3. The van der Waals surface area contributed by atoms with Crippen LogP contribution < -0.4 is 15.4 Å². The number of hydrogen-bond acceptors (Lipinski definition) is 7. The molecule has 3 saturated heterocycles. The predicted octanol–water partition coefficient (Wildman–Crippen LogP) is 3.76. The molecular weight excluding hydrogens is 425 g/mol. The van der Waals surface area contributed by atoms with E-state index in [1.165, 1.54) is 18.3 Å². The molecule has 0 radical (unpaired) electrons. The van der Waals surface area contributed by atoms with E-state index in [1.807, 2.05) is 4.90 Å². The highest BCUT2D eigenvalue weighted by molar-refractivity contribution is 5.67. The molecule has 2 aromatic heterocycles. The number of nitrogens with two attached hydrogens (primary N) is 1. The first kappa shape index (κ1) is 21.5. The molecule has 2 bridgehead atoms. The molecule has 12 heteroatoms. The standard InChI is InChI=1S/C19H20F5N5O2/c1-9(19(22,23)24)17-27-13(10-4-14(31-18(20)21)16(25)26-6-10)5-15(28-17)29-7-12-3-2-11(29)8-30-12/h4-6,9,11-12,18H,2-3,7-8H2,1H3,(H2,25,26)/t9?,11-,12-/m0/s1. The Kier molecular flexibility index (Phi) is 5.58. The first-order valence-electron chi connectivity index (χ1n) is 9.66. The highest BCUT2D eigenvalue weighted by atomic mass is 19.4. The van der Waals surface area contributed by atoms with Crippen molar-refractivity contribution in [2.24, 2.45) is 0 Å². The van der Waals surface area contributed by atoms with E-state index in [9.17, 15) is 22.0 Å². The van der Waals surface area contributed by atoms with Crippen molar-refractivity contribution in [1.82, 2.24) is 15.0 Å². The number of rotatable bonds is 5. The van der Waals surface area contributed by atoms with Gasteiger partial charge in [0.2, 0.25) is 0 Å². The second-order valence-electron chi connectivity index (χ2n) is 7.56. The number of piperidine rings is 1. The summed E-state index contributed by atoms with van der Waals surface area (Å²) < 4.78 is 75.6. The summed E-state index contributed by atoms with van der Waals surface area (Å²) in [5.41, 5.74) is 5.85. The lowest BCUT2D eigenvalue weighted by Crippen LogP contribution is -2.55. The van der Waals surface area contributed by atoms with E-state index >= 15 is 0 Å². The molecule has 5 heterocycles. The molecule has 168 valence electrons. The largest absolute Gasteiger partial charge is 0.431 e. The van der Waals surface area contributed by atoms with E-state index in [2.05, 4.69) is 19.7 Å². The lowest BCUT2D eigenvalue weighted by atomic mass is 9.97. The fourth-order valence-corrected chi connectivity index (χ4v) is 3.70. The van der Waals surface area contributed by atoms with Crippen molar-refractivity contribution in [3.8, 4) is 17.0 Å². The lowest BCUT2D eigenvalue weighted by molar-refractivity contribution is -0.147. The van der Waals surface area contributed by atoms with Gasteiger partial charge in [-0.1, -0.05) is 0 Å². The summed E-state index contributed by atoms with van der Waals surface area (Å²) in [5, 5.41) is 0. The Hall–Kier alpha value is -2.76. The van der Waals surface area contributed by atoms with E-state index in [4.69, 9.17) is 10.5 Å². The van der Waals surface area contributed by atoms with E-state index in [0.29, 0.717) is 19.0 Å². The quantitative estimate of drug-likeness (QED) is 0.702. The molecule has 3 aliphatic rings. The van der Waals surface area contributed by atoms with Crippen LogP contribution in [0, 0.1) is 0 Å². The Morgan fingerprint density at radius 3 is 2.58 bits per heavy atom. The van der Waals surface area contributed by atoms with Crippen molar-refractivity contribution in [1.29, 1.82) is 0 Å². The average Bonchev–Trinajstić information content (AvgIpc) is 2.74. The number of morpholine rings is 1. The molecule has 31 heavy (non-hydrogen) atoms. The van der Waals surface area contributed by atoms with Gasteiger partial charge in [-0.05, 0) is 25.8 Å². The van der Waals surface area contributed by atoms with E-state index in [-0.39, 0.29) is 35.0 Å². The Bertz CT molecular complexity index is 950. The molecule has 1 unspecified atom stereocenters. The zero-order chi connectivity index (χ0) is 22.3. The molecule has 0 aromatic carbocycles. The van der Waals surface area contributed by atoms with Crippen molar-refractivity contribution in [2.45, 2.75) is 50.6 Å². The minimum atomic E-state index is -4.55. The normalized spacial score (nSPS) is 22.1. The van der Waals surface area contributed by atoms with Crippen molar-refractivity contribution < 1.29 is 31.4 Å². The van der Waals surface area contributed by atoms with Gasteiger partial charge < -0.3 is 20.1 Å². The maximum absolute atomic E-state index is 13.4. The number of hydrogen-bond donors (Lipinski definition) is 1. The summed E-state index contributed by atoms with van der Waals surface area (Å²) in [4.78, 5) is 14.0. The molecule has 0 amide bonds. The van der Waals surface area contributed by atoms with Crippen molar-refractivity contribution in [3.05, 3.63) is 24.2 Å². The van der Waals surface area contributed by atoms with Crippen LogP contribution in [0.3, 0.4) is 0 Å². The van der Waals surface area contributed by atoms with Gasteiger partial charge in [0.05, 0.1) is 24.4 Å². The molecule has 3 atom stereocenters. The summed E-state index contributed by atoms with van der Waals surface area (Å²) in [5.74, 6) is -2.68. The molecule has 0 saturated carbocycles. The van der Waals surface area contributed by atoms with Crippen molar-refractivity contribution in [2.75, 3.05) is 23.8 Å². The zero-order valence-corrected chi connectivity index (χ0v) is 16.4. The van der Waals surface area contributed by atoms with Gasteiger partial charge in [0.25, 0.3) is 0 Å². The van der Waals surface area contributed by atoms with Crippen LogP contribution in [-0.4, -0.2) is 53.0 Å². The van der Waals surface area contributed by atoms with Gasteiger partial charge in [-0.3, -0.25) is 0 Å². The zero-order valence-electron chi connectivity index (χ0n) is 16.4. The number of ether oxygens (including phenoxy) is 2. The average molecular weight is 445 g/mol. The second-order valence-corrected chi connectivity index (χ2v) is 7.56. The molecule has 3 aliphatic heterocycles. The molecule has 0 aliphatic carbocycles. The number of anilines is 2. The van der Waals surface area contributed by atoms with Crippen LogP contribution in [0.4, 0.5) is 33.6 Å². The summed E-state index contributed by atoms with van der Waals surface area (Å²) in [6.45, 7) is -1.20. The van der Waals surface area contributed by atoms with Gasteiger partial charge in [0.1, 0.15) is 17.6 Å². The number of nitrogens with zero attached hydrogens (tertiary/aromatic N) is 4. The number of alkyl halides is 5. The van der Waals surface area contributed by atoms with Gasteiger partial charge in [-0.2, -0.15) is 22.0 Å². The number of fused-ring (bicyclic) bond motifs is 3. The molecule has 5 rings (SSSR count). The third-order valence-electron chi connectivity index (χ3n) is 5.48.